The molecule has 1 aromatic rings. The van der Waals surface area contributed by atoms with Crippen molar-refractivity contribution in [2.24, 2.45) is 23.5 Å². The number of anilines is 1. The number of Topliss-reactive ketones (excluding diaryl/α,β-unsaturated/α-hetero) is 2. The van der Waals surface area contributed by atoms with E-state index in [-0.39, 0.29) is 22.7 Å². The molecule has 7 atom stereocenters. The minimum Gasteiger partial charge on any atom is -0.508 e. The Bertz CT molecular complexity index is 1530. The molecule has 0 aliphatic heterocycles. The second-order valence-corrected chi connectivity index (χ2v) is 11.8. The number of likely N-dealkylation sites (N-methyl/N-ethyl adjacent to an activating group) is 1. The molecule has 3 unspecified atom stereocenters. The summed E-state index contributed by atoms with van der Waals surface area (Å²) >= 11 is 0. The highest BCUT2D eigenvalue weighted by molar-refractivity contribution is 6.24. The van der Waals surface area contributed by atoms with Gasteiger partial charge in [0.25, 0.3) is 5.91 Å². The average Bonchev–Trinajstić information content (AvgIpc) is 2.93. The van der Waals surface area contributed by atoms with Crippen molar-refractivity contribution >= 4 is 40.9 Å². The number of ketones is 2. The Morgan fingerprint density at radius 2 is 1.73 bits per heavy atom. The number of urea groups is 1. The molecule has 238 valence electrons. The number of nitrogens with one attached hydrogen (secondary N) is 2. The Morgan fingerprint density at radius 3 is 2.25 bits per heavy atom. The number of aliphatic hydroxyl groups excluding tert-OH is 3. The first kappa shape index (κ1) is 32.4. The fourth-order valence-electron chi connectivity index (χ4n) is 6.64. The molecular formula is C29H36N4O11. The monoisotopic (exact) mass is 616 g/mol. The number of carbonyl (C=O) groups is 5. The van der Waals surface area contributed by atoms with Gasteiger partial charge in [-0.15, -0.1) is 0 Å². The van der Waals surface area contributed by atoms with Crippen LogP contribution in [0.3, 0.4) is 0 Å². The van der Waals surface area contributed by atoms with Gasteiger partial charge in [0.2, 0.25) is 5.78 Å². The van der Waals surface area contributed by atoms with Gasteiger partial charge in [0.15, 0.2) is 11.4 Å². The van der Waals surface area contributed by atoms with Gasteiger partial charge in [-0.3, -0.25) is 19.3 Å². The topological polar surface area (TPSA) is 249 Å². The Kier molecular flexibility index (Phi) is 8.28. The molecule has 9 N–H and O–H groups in total. The van der Waals surface area contributed by atoms with E-state index < -0.39 is 99.4 Å². The number of methoxy groups -OCH3 is 1. The highest BCUT2D eigenvalue weighted by Gasteiger charge is 2.68. The Morgan fingerprint density at radius 1 is 1.11 bits per heavy atom. The van der Waals surface area contributed by atoms with Gasteiger partial charge in [-0.2, -0.15) is 0 Å². The molecular weight excluding hydrogens is 580 g/mol. The van der Waals surface area contributed by atoms with E-state index >= 15 is 0 Å². The standard InChI is InChI=1S/C29H36N4O11/c1-9(2)18(27(41)44-6)32-28(42)31-12-8-7-11-10(3)13-15(21(35)14(11)20(12)34)24(38)29(43)17(22(13)36)19(33(4)5)23(37)16(25(29)39)26(30)40/h7-10,13,17-19,22,34-36,39,43H,1-6H3,(H2,30,40)(H2,31,32,42)/t10-,13?,17?,18?,19-,22-,29-/m0/s1. The summed E-state index contributed by atoms with van der Waals surface area (Å²) in [5, 5.41) is 61.9. The van der Waals surface area contributed by atoms with Crippen LogP contribution >= 0.6 is 0 Å². The van der Waals surface area contributed by atoms with Crippen molar-refractivity contribution < 1.29 is 54.2 Å². The molecule has 0 bridgehead atoms. The molecule has 15 nitrogen and oxygen atoms in total. The van der Waals surface area contributed by atoms with E-state index in [1.807, 2.05) is 0 Å². The van der Waals surface area contributed by atoms with E-state index in [1.165, 1.54) is 31.1 Å². The summed E-state index contributed by atoms with van der Waals surface area (Å²) in [6.45, 7) is 4.94. The number of hydrogen-bond acceptors (Lipinski definition) is 12. The highest BCUT2D eigenvalue weighted by atomic mass is 16.5. The van der Waals surface area contributed by atoms with Gasteiger partial charge in [0.1, 0.15) is 28.9 Å². The van der Waals surface area contributed by atoms with Crippen LogP contribution in [0.5, 0.6) is 5.75 Å². The quantitative estimate of drug-likeness (QED) is 0.118. The van der Waals surface area contributed by atoms with Crippen LogP contribution in [0.2, 0.25) is 0 Å². The SMILES string of the molecule is COC(=O)C(NC(=O)Nc1ccc2c(c1O)C(O)=C1C(=O)[C@]3(O)C(O)=C(C(N)=O)C(=O)[C@@H](N(C)C)C3[C@@H](O)C1[C@H]2C)C(C)C. The third-order valence-corrected chi connectivity index (χ3v) is 8.79. The molecule has 1 aromatic carbocycles. The third-order valence-electron chi connectivity index (χ3n) is 8.79. The number of aromatic hydroxyl groups is 1. The van der Waals surface area contributed by atoms with Crippen LogP contribution in [-0.4, -0.2) is 105 Å². The summed E-state index contributed by atoms with van der Waals surface area (Å²) in [7, 11) is 4.00. The number of nitrogens with two attached hydrogens (primary N) is 1. The van der Waals surface area contributed by atoms with Crippen LogP contribution in [0, 0.1) is 17.8 Å². The predicted octanol–water partition coefficient (Wildman–Crippen LogP) is -0.185. The Hall–Kier alpha value is -4.47. The zero-order valence-corrected chi connectivity index (χ0v) is 24.9. The number of carbonyl (C=O) groups excluding carboxylic acids is 5. The molecule has 3 aliphatic rings. The first-order chi connectivity index (χ1) is 20.4. The molecule has 3 amide bonds. The number of primary amides is 1. The second-order valence-electron chi connectivity index (χ2n) is 11.8. The number of aliphatic hydroxyl groups is 4. The zero-order valence-electron chi connectivity index (χ0n) is 24.9. The molecule has 15 heteroatoms. The van der Waals surface area contributed by atoms with Crippen molar-refractivity contribution in [3.8, 4) is 5.75 Å². The number of hydrogen-bond donors (Lipinski definition) is 8. The highest BCUT2D eigenvalue weighted by Crippen LogP contribution is 2.56. The largest absolute Gasteiger partial charge is 0.508 e. The maximum atomic E-state index is 14.1. The first-order valence-electron chi connectivity index (χ1n) is 13.8. The first-order valence-corrected chi connectivity index (χ1v) is 13.8. The molecule has 0 spiro atoms. The number of amides is 3. The summed E-state index contributed by atoms with van der Waals surface area (Å²) in [6.07, 6.45) is -1.73. The lowest BCUT2D eigenvalue weighted by Gasteiger charge is -2.53. The van der Waals surface area contributed by atoms with Crippen molar-refractivity contribution in [1.29, 1.82) is 0 Å². The number of benzene rings is 1. The number of fused-ring (bicyclic) bond motifs is 3. The maximum absolute atomic E-state index is 14.1. The number of phenolic OH excluding ortho intramolecular Hbond substituents is 1. The molecule has 0 saturated heterocycles. The van der Waals surface area contributed by atoms with E-state index in [1.54, 1.807) is 20.8 Å². The van der Waals surface area contributed by atoms with Gasteiger partial charge in [-0.1, -0.05) is 26.8 Å². The Balaban J connectivity index is 1.85. The summed E-state index contributed by atoms with van der Waals surface area (Å²) < 4.78 is 4.71. The van der Waals surface area contributed by atoms with Gasteiger partial charge < -0.3 is 46.6 Å². The lowest BCUT2D eigenvalue weighted by molar-refractivity contribution is -0.169. The molecule has 3 aliphatic carbocycles. The molecule has 44 heavy (non-hydrogen) atoms. The predicted molar refractivity (Wildman–Crippen MR) is 153 cm³/mol. The number of phenols is 1. The minimum absolute atomic E-state index is 0.221. The summed E-state index contributed by atoms with van der Waals surface area (Å²) in [5.74, 6) is -11.4. The van der Waals surface area contributed by atoms with Crippen molar-refractivity contribution in [1.82, 2.24) is 10.2 Å². The van der Waals surface area contributed by atoms with Crippen LogP contribution < -0.4 is 16.4 Å². The number of nitrogens with zero attached hydrogens (tertiary/aromatic N) is 1. The van der Waals surface area contributed by atoms with Gasteiger partial charge in [0, 0.05) is 11.5 Å². The fraction of sp³-hybridized carbons (Fsp3) is 0.483. The Labute approximate surface area is 252 Å². The fourth-order valence-corrected chi connectivity index (χ4v) is 6.64. The van der Waals surface area contributed by atoms with E-state index in [9.17, 15) is 49.5 Å². The van der Waals surface area contributed by atoms with Crippen LogP contribution in [-0.2, 0) is 23.9 Å². The molecule has 0 heterocycles. The van der Waals surface area contributed by atoms with Crippen molar-refractivity contribution in [3.05, 3.63) is 40.2 Å². The van der Waals surface area contributed by atoms with Gasteiger partial charge >= 0.3 is 12.0 Å². The zero-order chi connectivity index (χ0) is 33.2. The van der Waals surface area contributed by atoms with Gasteiger partial charge in [0.05, 0.1) is 36.4 Å². The number of rotatable bonds is 6. The summed E-state index contributed by atoms with van der Waals surface area (Å²) in [4.78, 5) is 65.5. The van der Waals surface area contributed by atoms with Crippen LogP contribution in [0.25, 0.3) is 5.76 Å². The van der Waals surface area contributed by atoms with Crippen molar-refractivity contribution in [2.75, 3.05) is 26.5 Å². The van der Waals surface area contributed by atoms with E-state index in [0.29, 0.717) is 0 Å². The van der Waals surface area contributed by atoms with Crippen molar-refractivity contribution in [3.63, 3.8) is 0 Å². The lowest BCUT2D eigenvalue weighted by atomic mass is 9.54. The maximum Gasteiger partial charge on any atom is 0.328 e. The van der Waals surface area contributed by atoms with E-state index in [0.717, 1.165) is 7.11 Å². The lowest BCUT2D eigenvalue weighted by Crippen LogP contribution is -2.70. The van der Waals surface area contributed by atoms with Crippen LogP contribution in [0.15, 0.2) is 29.0 Å². The average molecular weight is 617 g/mol. The smallest absolute Gasteiger partial charge is 0.328 e. The number of ether oxygens (including phenoxy) is 1. The second kappa shape index (κ2) is 11.2. The van der Waals surface area contributed by atoms with Crippen LogP contribution in [0.1, 0.15) is 37.8 Å². The molecule has 1 saturated carbocycles. The van der Waals surface area contributed by atoms with E-state index in [4.69, 9.17) is 10.5 Å². The summed E-state index contributed by atoms with van der Waals surface area (Å²) in [6, 6.07) is -0.620. The third kappa shape index (κ3) is 4.58. The van der Waals surface area contributed by atoms with Gasteiger partial charge in [-0.05, 0) is 37.6 Å². The molecule has 0 radical (unpaired) electrons. The number of esters is 1. The van der Waals surface area contributed by atoms with Gasteiger partial charge in [-0.25, -0.2) is 9.59 Å². The van der Waals surface area contributed by atoms with Crippen molar-refractivity contribution in [2.45, 2.75) is 50.5 Å². The summed E-state index contributed by atoms with van der Waals surface area (Å²) in [5.41, 5.74) is 0.428. The molecule has 0 aromatic heterocycles. The normalized spacial score (nSPS) is 28.7. The minimum atomic E-state index is -3.05. The van der Waals surface area contributed by atoms with Crippen LogP contribution in [0.4, 0.5) is 10.5 Å². The molecule has 4 rings (SSSR count). The van der Waals surface area contributed by atoms with E-state index in [2.05, 4.69) is 10.6 Å². The molecule has 1 fully saturated rings.